The van der Waals surface area contributed by atoms with Crippen molar-refractivity contribution in [3.63, 3.8) is 0 Å². The Labute approximate surface area is 190 Å². The monoisotopic (exact) mass is 458 g/mol. The lowest BCUT2D eigenvalue weighted by Crippen LogP contribution is -2.37. The van der Waals surface area contributed by atoms with E-state index in [1.807, 2.05) is 0 Å². The van der Waals surface area contributed by atoms with Gasteiger partial charge in [0, 0.05) is 13.2 Å². The van der Waals surface area contributed by atoms with Gasteiger partial charge in [-0.2, -0.15) is 0 Å². The lowest BCUT2D eigenvalue weighted by molar-refractivity contribution is -0.131. The molecule has 1 aromatic heterocycles. The number of carbonyl (C=O) groups excluding carboxylic acids is 2. The highest BCUT2D eigenvalue weighted by atomic mass is 32.1. The van der Waals surface area contributed by atoms with Gasteiger partial charge in [-0.15, -0.1) is 11.3 Å². The second-order valence-electron chi connectivity index (χ2n) is 7.89. The molecule has 2 aromatic rings. The first kappa shape index (κ1) is 22.3. The first-order valence-electron chi connectivity index (χ1n) is 10.6. The second-order valence-corrected chi connectivity index (χ2v) is 9.10. The number of carbonyl (C=O) groups is 2. The van der Waals surface area contributed by atoms with Crippen LogP contribution in [0.15, 0.2) is 29.5 Å². The first-order valence-corrected chi connectivity index (χ1v) is 11.4. The van der Waals surface area contributed by atoms with Crippen LogP contribution in [0.5, 0.6) is 11.5 Å². The number of hydrogen-bond acceptors (Lipinski definition) is 8. The average Bonchev–Trinajstić information content (AvgIpc) is 3.45. The number of Topliss-reactive ketones (excluding diaryl/α,β-unsaturated/α-hetero) is 1. The number of rotatable bonds is 7. The van der Waals surface area contributed by atoms with Crippen LogP contribution >= 0.6 is 11.3 Å². The largest absolute Gasteiger partial charge is 0.504 e. The summed E-state index contributed by atoms with van der Waals surface area (Å²) in [5, 5.41) is 21.7. The SMILES string of the molecule is CCOc1cc(C2C(C(=O)c3sc(C)nc3C)=C(O)C(=O)N2CC2CCCO2)ccc1O. The van der Waals surface area contributed by atoms with Crippen molar-refractivity contribution in [2.75, 3.05) is 19.8 Å². The summed E-state index contributed by atoms with van der Waals surface area (Å²) in [6.07, 6.45) is 1.53. The number of aromatic nitrogens is 1. The summed E-state index contributed by atoms with van der Waals surface area (Å²) in [4.78, 5) is 32.8. The van der Waals surface area contributed by atoms with Crippen molar-refractivity contribution in [2.24, 2.45) is 0 Å². The lowest BCUT2D eigenvalue weighted by Gasteiger charge is -2.29. The maximum absolute atomic E-state index is 13.5. The van der Waals surface area contributed by atoms with Crippen molar-refractivity contribution in [1.29, 1.82) is 0 Å². The molecular formula is C23H26N2O6S. The van der Waals surface area contributed by atoms with E-state index >= 15 is 0 Å². The molecule has 0 bridgehead atoms. The fraction of sp³-hybridized carbons (Fsp3) is 0.435. The second kappa shape index (κ2) is 8.91. The number of aryl methyl sites for hydroxylation is 2. The number of thiazole rings is 1. The highest BCUT2D eigenvalue weighted by Crippen LogP contribution is 2.42. The van der Waals surface area contributed by atoms with E-state index in [0.29, 0.717) is 29.3 Å². The summed E-state index contributed by atoms with van der Waals surface area (Å²) in [5.74, 6) is -1.39. The summed E-state index contributed by atoms with van der Waals surface area (Å²) < 4.78 is 11.2. The predicted octanol–water partition coefficient (Wildman–Crippen LogP) is 3.62. The number of nitrogens with zero attached hydrogens (tertiary/aromatic N) is 2. The number of ketones is 1. The molecule has 0 spiro atoms. The van der Waals surface area contributed by atoms with Gasteiger partial charge in [0.1, 0.15) is 0 Å². The molecule has 2 N–H and O–H groups in total. The summed E-state index contributed by atoms with van der Waals surface area (Å²) in [6.45, 7) is 6.54. The Morgan fingerprint density at radius 1 is 1.34 bits per heavy atom. The van der Waals surface area contributed by atoms with Gasteiger partial charge in [-0.25, -0.2) is 4.98 Å². The predicted molar refractivity (Wildman–Crippen MR) is 118 cm³/mol. The smallest absolute Gasteiger partial charge is 0.290 e. The maximum atomic E-state index is 13.5. The standard InChI is InChI=1S/C23H26N2O6S/c1-4-30-17-10-14(7-8-16(17)26)19-18(20(27)22-12(2)24-13(3)32-22)21(28)23(29)25(19)11-15-6-5-9-31-15/h7-8,10,15,19,26,28H,4-6,9,11H2,1-3H3. The van der Waals surface area contributed by atoms with E-state index in [4.69, 9.17) is 9.47 Å². The third-order valence-electron chi connectivity index (χ3n) is 5.68. The van der Waals surface area contributed by atoms with Crippen molar-refractivity contribution in [2.45, 2.75) is 45.8 Å². The first-order chi connectivity index (χ1) is 15.3. The Balaban J connectivity index is 1.80. The fourth-order valence-corrected chi connectivity index (χ4v) is 5.14. The van der Waals surface area contributed by atoms with E-state index in [9.17, 15) is 19.8 Å². The van der Waals surface area contributed by atoms with Gasteiger partial charge in [0.2, 0.25) is 5.78 Å². The van der Waals surface area contributed by atoms with Gasteiger partial charge in [0.05, 0.1) is 39.9 Å². The Kier molecular flexibility index (Phi) is 6.21. The number of benzene rings is 1. The number of aliphatic hydroxyl groups is 1. The van der Waals surface area contributed by atoms with Gasteiger partial charge in [0.25, 0.3) is 5.91 Å². The molecule has 1 amide bonds. The van der Waals surface area contributed by atoms with Crippen molar-refractivity contribution >= 4 is 23.0 Å². The summed E-state index contributed by atoms with van der Waals surface area (Å²) in [5.41, 5.74) is 1.12. The van der Waals surface area contributed by atoms with Crippen molar-refractivity contribution < 1.29 is 29.3 Å². The zero-order valence-corrected chi connectivity index (χ0v) is 19.1. The molecule has 3 heterocycles. The molecule has 170 valence electrons. The molecule has 1 saturated heterocycles. The van der Waals surface area contributed by atoms with Crippen LogP contribution in [0.2, 0.25) is 0 Å². The van der Waals surface area contributed by atoms with E-state index in [1.54, 1.807) is 32.9 Å². The van der Waals surface area contributed by atoms with Gasteiger partial charge in [-0.3, -0.25) is 9.59 Å². The number of aromatic hydroxyl groups is 1. The Bertz CT molecular complexity index is 1090. The van der Waals surface area contributed by atoms with E-state index < -0.39 is 23.5 Å². The van der Waals surface area contributed by atoms with Crippen molar-refractivity contribution in [3.05, 3.63) is 50.7 Å². The van der Waals surface area contributed by atoms with Crippen LogP contribution in [0, 0.1) is 13.8 Å². The highest BCUT2D eigenvalue weighted by molar-refractivity contribution is 7.14. The van der Waals surface area contributed by atoms with E-state index in [-0.39, 0.29) is 29.7 Å². The van der Waals surface area contributed by atoms with Crippen LogP contribution in [0.1, 0.15) is 51.7 Å². The van der Waals surface area contributed by atoms with E-state index in [2.05, 4.69) is 4.98 Å². The topological polar surface area (TPSA) is 109 Å². The Hall–Kier alpha value is -2.91. The maximum Gasteiger partial charge on any atom is 0.290 e. The molecule has 2 aliphatic rings. The molecule has 1 fully saturated rings. The van der Waals surface area contributed by atoms with Crippen molar-refractivity contribution in [3.8, 4) is 11.5 Å². The average molecular weight is 459 g/mol. The molecule has 2 aliphatic heterocycles. The molecule has 0 saturated carbocycles. The molecule has 8 nitrogen and oxygen atoms in total. The van der Waals surface area contributed by atoms with Crippen LogP contribution in [0.4, 0.5) is 0 Å². The van der Waals surface area contributed by atoms with Crippen LogP contribution in [0.25, 0.3) is 0 Å². The fourth-order valence-electron chi connectivity index (χ4n) is 4.26. The number of phenolic OH excluding ortho intramolecular Hbond substituents is 1. The highest BCUT2D eigenvalue weighted by Gasteiger charge is 2.45. The van der Waals surface area contributed by atoms with Crippen molar-refractivity contribution in [1.82, 2.24) is 9.88 Å². The number of ether oxygens (including phenoxy) is 2. The zero-order valence-electron chi connectivity index (χ0n) is 18.3. The molecule has 2 unspecified atom stereocenters. The minimum absolute atomic E-state index is 0.00730. The molecule has 0 aliphatic carbocycles. The normalized spacial score (nSPS) is 21.0. The molecule has 4 rings (SSSR count). The van der Waals surface area contributed by atoms with Gasteiger partial charge in [-0.05, 0) is 51.3 Å². The minimum atomic E-state index is -0.833. The summed E-state index contributed by atoms with van der Waals surface area (Å²) >= 11 is 1.23. The molecule has 0 radical (unpaired) electrons. The van der Waals surface area contributed by atoms with Crippen LogP contribution in [0.3, 0.4) is 0 Å². The van der Waals surface area contributed by atoms with Crippen LogP contribution < -0.4 is 4.74 Å². The molecule has 9 heteroatoms. The van der Waals surface area contributed by atoms with E-state index in [0.717, 1.165) is 17.8 Å². The molecule has 1 aromatic carbocycles. The third kappa shape index (κ3) is 3.98. The molecule has 32 heavy (non-hydrogen) atoms. The van der Waals surface area contributed by atoms with Crippen LogP contribution in [-0.4, -0.2) is 57.6 Å². The number of phenols is 1. The Morgan fingerprint density at radius 3 is 2.75 bits per heavy atom. The molecular weight excluding hydrogens is 432 g/mol. The number of amides is 1. The molecule has 2 atom stereocenters. The number of hydrogen-bond donors (Lipinski definition) is 2. The summed E-state index contributed by atoms with van der Waals surface area (Å²) in [6, 6.07) is 3.88. The Morgan fingerprint density at radius 2 is 2.12 bits per heavy atom. The lowest BCUT2D eigenvalue weighted by atomic mass is 9.94. The quantitative estimate of drug-likeness (QED) is 0.610. The summed E-state index contributed by atoms with van der Waals surface area (Å²) in [7, 11) is 0. The van der Waals surface area contributed by atoms with Gasteiger partial charge >= 0.3 is 0 Å². The van der Waals surface area contributed by atoms with Gasteiger partial charge < -0.3 is 24.6 Å². The van der Waals surface area contributed by atoms with E-state index in [1.165, 1.54) is 22.3 Å². The van der Waals surface area contributed by atoms with Crippen LogP contribution in [-0.2, 0) is 9.53 Å². The third-order valence-corrected chi connectivity index (χ3v) is 6.75. The minimum Gasteiger partial charge on any atom is -0.504 e. The number of aliphatic hydroxyl groups excluding tert-OH is 1. The zero-order chi connectivity index (χ0) is 23.0. The van der Waals surface area contributed by atoms with Gasteiger partial charge in [0.15, 0.2) is 17.3 Å². The van der Waals surface area contributed by atoms with Gasteiger partial charge in [-0.1, -0.05) is 6.07 Å².